The molecule has 5 nitrogen and oxygen atoms in total. The molecule has 2 N–H and O–H groups in total. The summed E-state index contributed by atoms with van der Waals surface area (Å²) in [7, 11) is 1.50. The maximum atomic E-state index is 13.7. The number of ether oxygens (including phenoxy) is 1. The highest BCUT2D eigenvalue weighted by Gasteiger charge is 2.33. The van der Waals surface area contributed by atoms with E-state index in [1.807, 2.05) is 20.8 Å². The molecule has 0 aromatic carbocycles. The number of hydrogen-bond donors (Lipinski definition) is 1. The van der Waals surface area contributed by atoms with E-state index in [1.54, 1.807) is 12.1 Å². The number of nitrogens with two attached hydrogens (primary N) is 1. The summed E-state index contributed by atoms with van der Waals surface area (Å²) in [6.07, 6.45) is 1.38. The minimum absolute atomic E-state index is 0.155. The van der Waals surface area contributed by atoms with Gasteiger partial charge in [0.15, 0.2) is 5.69 Å². The van der Waals surface area contributed by atoms with Gasteiger partial charge in [0.2, 0.25) is 0 Å². The zero-order valence-electron chi connectivity index (χ0n) is 14.6. The van der Waals surface area contributed by atoms with Gasteiger partial charge in [-0.1, -0.05) is 33.6 Å². The fourth-order valence-corrected chi connectivity index (χ4v) is 2.18. The fraction of sp³-hybridized carbons (Fsp3) is 0.562. The van der Waals surface area contributed by atoms with Gasteiger partial charge in [-0.2, -0.15) is 13.2 Å². The van der Waals surface area contributed by atoms with Crippen molar-refractivity contribution in [2.45, 2.75) is 52.6 Å². The van der Waals surface area contributed by atoms with Crippen molar-refractivity contribution in [3.8, 4) is 17.1 Å². The number of aromatic nitrogens is 2. The van der Waals surface area contributed by atoms with E-state index >= 15 is 0 Å². The van der Waals surface area contributed by atoms with Gasteiger partial charge < -0.3 is 10.5 Å². The van der Waals surface area contributed by atoms with Crippen molar-refractivity contribution in [2.75, 3.05) is 7.05 Å². The van der Waals surface area contributed by atoms with E-state index in [2.05, 4.69) is 14.5 Å². The van der Waals surface area contributed by atoms with Crippen LogP contribution in [0.25, 0.3) is 11.3 Å². The second-order valence-corrected chi connectivity index (χ2v) is 4.85. The number of hydrogen-bond acceptors (Lipinski definition) is 5. The number of rotatable bonds is 7. The van der Waals surface area contributed by atoms with E-state index in [4.69, 9.17) is 9.15 Å². The van der Waals surface area contributed by atoms with Gasteiger partial charge >= 0.3 is 18.6 Å². The average Bonchev–Trinajstić information content (AvgIpc) is 3.06. The molecule has 24 heavy (non-hydrogen) atoms. The number of nitrogens with zero attached hydrogens (tertiary/aromatic N) is 2. The topological polar surface area (TPSA) is 72.3 Å². The molecule has 0 unspecified atom stereocenters. The maximum absolute atomic E-state index is 13.7. The van der Waals surface area contributed by atoms with Crippen LogP contribution in [0.15, 0.2) is 29.1 Å². The van der Waals surface area contributed by atoms with E-state index in [0.29, 0.717) is 12.0 Å². The molecule has 2 aromatic rings. The molecule has 2 rings (SSSR count). The van der Waals surface area contributed by atoms with Gasteiger partial charge in [0.25, 0.3) is 5.88 Å². The molecule has 2 aromatic heterocycles. The normalized spacial score (nSPS) is 10.1. The van der Waals surface area contributed by atoms with Gasteiger partial charge in [-0.3, -0.25) is 0 Å². The molecule has 0 aliphatic rings. The predicted octanol–water partition coefficient (Wildman–Crippen LogP) is 5.23. The lowest BCUT2D eigenvalue weighted by atomic mass is 10.2. The summed E-state index contributed by atoms with van der Waals surface area (Å²) in [4.78, 5) is 0. The molecule has 0 radical (unpaired) electrons. The Bertz CT molecular complexity index is 539. The smallest absolute Gasteiger partial charge is 0.399 e. The molecular weight excluding hydrogens is 336 g/mol. The van der Waals surface area contributed by atoms with Crippen molar-refractivity contribution in [1.29, 1.82) is 0 Å². The summed E-state index contributed by atoms with van der Waals surface area (Å²) in [5.41, 5.74) is 5.33. The molecule has 8 heteroatoms. The van der Waals surface area contributed by atoms with Gasteiger partial charge in [-0.15, -0.1) is 4.37 Å². The van der Waals surface area contributed by atoms with E-state index in [1.165, 1.54) is 19.6 Å². The van der Waals surface area contributed by atoms with Crippen LogP contribution in [0.5, 0.6) is 5.88 Å². The largest absolute Gasteiger partial charge is 0.411 e. The van der Waals surface area contributed by atoms with Crippen LogP contribution in [-0.2, 0) is 0 Å². The highest BCUT2D eigenvalue weighted by atomic mass is 32.1. The Labute approximate surface area is 146 Å². The Morgan fingerprint density at radius 1 is 1.25 bits per heavy atom. The van der Waals surface area contributed by atoms with Crippen molar-refractivity contribution in [3.05, 3.63) is 24.7 Å². The summed E-state index contributed by atoms with van der Waals surface area (Å²) in [6.45, 7) is 5.96. The average molecular weight is 362 g/mol. The van der Waals surface area contributed by atoms with Crippen LogP contribution in [0, 0.1) is 0 Å². The van der Waals surface area contributed by atoms with Crippen molar-refractivity contribution >= 4 is 11.7 Å². The molecular formula is C16H26F2N3O2S+. The minimum Gasteiger partial charge on any atom is -0.411 e. The van der Waals surface area contributed by atoms with E-state index in [9.17, 15) is 8.78 Å². The second-order valence-electron chi connectivity index (χ2n) is 4.32. The monoisotopic (exact) mass is 362 g/mol. The van der Waals surface area contributed by atoms with Crippen molar-refractivity contribution in [3.63, 3.8) is 0 Å². The first-order valence-electron chi connectivity index (χ1n) is 7.95. The van der Waals surface area contributed by atoms with Crippen LogP contribution < -0.4 is 10.5 Å². The van der Waals surface area contributed by atoms with E-state index < -0.39 is 6.11 Å². The van der Waals surface area contributed by atoms with E-state index in [-0.39, 0.29) is 18.0 Å². The Morgan fingerprint density at radius 2 is 1.96 bits per heavy atom. The molecule has 2 heterocycles. The van der Waals surface area contributed by atoms with Crippen molar-refractivity contribution in [2.24, 2.45) is 5.73 Å². The van der Waals surface area contributed by atoms with Gasteiger partial charge in [-0.25, -0.2) is 4.42 Å². The Balaban J connectivity index is 0.00000123. The second kappa shape index (κ2) is 12.7. The van der Waals surface area contributed by atoms with Crippen molar-refractivity contribution in [1.82, 2.24) is 8.75 Å². The lowest BCUT2D eigenvalue weighted by Gasteiger charge is -2.16. The standard InChI is InChI=1S/C13H15F2N2O2S.C2H6.CH5N/c1-2-3-4-7-13(14,15)19-12-11(16-20-17-12)10-6-5-8-18-9-10;2*1-2/h5-6,8-9H,2-4,7H2,1H3;1-2H3;2H2,1H3/q+1;;. The van der Waals surface area contributed by atoms with Gasteiger partial charge in [-0.05, 0) is 19.5 Å². The van der Waals surface area contributed by atoms with Gasteiger partial charge in [0.1, 0.15) is 5.56 Å². The lowest BCUT2D eigenvalue weighted by Crippen LogP contribution is -2.24. The van der Waals surface area contributed by atoms with Crippen LogP contribution in [0.2, 0.25) is 0 Å². The van der Waals surface area contributed by atoms with Gasteiger partial charge in [0.05, 0.1) is 18.1 Å². The SMILES string of the molecule is CC.CCCCCC(F)(F)Oc1nsnc1-c1ccc[o+]c1.CN. The first-order chi connectivity index (χ1) is 11.6. The molecule has 0 atom stereocenters. The highest BCUT2D eigenvalue weighted by Crippen LogP contribution is 2.33. The quantitative estimate of drug-likeness (QED) is 0.539. The molecule has 0 bridgehead atoms. The summed E-state index contributed by atoms with van der Waals surface area (Å²) in [5, 5.41) is 0. The van der Waals surface area contributed by atoms with Gasteiger partial charge in [0, 0.05) is 6.07 Å². The van der Waals surface area contributed by atoms with Crippen molar-refractivity contribution < 1.29 is 17.9 Å². The maximum Gasteiger partial charge on any atom is 0.399 e. The van der Waals surface area contributed by atoms with E-state index in [0.717, 1.165) is 24.6 Å². The molecule has 0 fully saturated rings. The minimum atomic E-state index is -3.23. The molecule has 0 amide bonds. The third kappa shape index (κ3) is 7.74. The predicted molar refractivity (Wildman–Crippen MR) is 93.2 cm³/mol. The molecule has 0 saturated heterocycles. The Hall–Kier alpha value is -1.67. The zero-order valence-corrected chi connectivity index (χ0v) is 15.4. The Kier molecular flexibility index (Phi) is 11.8. The zero-order chi connectivity index (χ0) is 18.4. The number of alkyl halides is 2. The molecule has 0 aliphatic carbocycles. The summed E-state index contributed by atoms with van der Waals surface area (Å²) in [5.74, 6) is -0.155. The van der Waals surface area contributed by atoms with Crippen LogP contribution in [0.1, 0.15) is 46.5 Å². The van der Waals surface area contributed by atoms with Crippen LogP contribution in [0.4, 0.5) is 8.78 Å². The first kappa shape index (κ1) is 22.3. The molecule has 0 spiro atoms. The van der Waals surface area contributed by atoms with Crippen LogP contribution in [0.3, 0.4) is 0 Å². The lowest BCUT2D eigenvalue weighted by molar-refractivity contribution is -0.182. The number of halogens is 2. The third-order valence-electron chi connectivity index (χ3n) is 2.68. The van der Waals surface area contributed by atoms with Crippen LogP contribution >= 0.6 is 11.7 Å². The molecule has 136 valence electrons. The summed E-state index contributed by atoms with van der Waals surface area (Å²) < 4.78 is 44.9. The highest BCUT2D eigenvalue weighted by molar-refractivity contribution is 6.99. The third-order valence-corrected chi connectivity index (χ3v) is 3.19. The molecule has 0 aliphatic heterocycles. The fourth-order valence-electron chi connectivity index (χ4n) is 1.67. The van der Waals surface area contributed by atoms with Crippen LogP contribution in [-0.4, -0.2) is 21.9 Å². The summed E-state index contributed by atoms with van der Waals surface area (Å²) >= 11 is 0.830. The number of unbranched alkanes of at least 4 members (excludes halogenated alkanes) is 2. The molecule has 0 saturated carbocycles. The Morgan fingerprint density at radius 3 is 2.54 bits per heavy atom. The first-order valence-corrected chi connectivity index (χ1v) is 8.68. The summed E-state index contributed by atoms with van der Waals surface area (Å²) in [6, 6.07) is 3.35.